The summed E-state index contributed by atoms with van der Waals surface area (Å²) in [4.78, 5) is 17.2. The lowest BCUT2D eigenvalue weighted by molar-refractivity contribution is -0.144. The highest BCUT2D eigenvalue weighted by molar-refractivity contribution is 7.98. The van der Waals surface area contributed by atoms with Gasteiger partial charge in [-0.15, -0.1) is 23.1 Å². The quantitative estimate of drug-likeness (QED) is 0.172. The number of carboxylic acid groups (broad SMARTS) is 1. The van der Waals surface area contributed by atoms with Crippen molar-refractivity contribution in [3.63, 3.8) is 0 Å². The fourth-order valence-corrected chi connectivity index (χ4v) is 5.51. The number of rotatable bonds is 9. The van der Waals surface area contributed by atoms with Gasteiger partial charge in [-0.25, -0.2) is 14.2 Å². The maximum Gasteiger partial charge on any atom is 0.416 e. The molecule has 0 aliphatic rings. The van der Waals surface area contributed by atoms with E-state index in [2.05, 4.69) is 0 Å². The minimum absolute atomic E-state index is 0.147. The molecule has 1 atom stereocenters. The van der Waals surface area contributed by atoms with Crippen LogP contribution in [0.4, 0.5) is 17.6 Å². The Labute approximate surface area is 219 Å². The standard InChI is InChI=1S/C27H21F4NO3S2/c1-16(26(33)34)35-23-12-11-20(14-21(23)28)36-15-24-22(13-17-5-3-2-4-6-17)32-25(37-24)18-7-9-19(10-8-18)27(29,30)31/h2-12,14,16H,13,15H2,1H3,(H,33,34). The molecule has 0 spiro atoms. The molecule has 1 heterocycles. The number of hydrogen-bond acceptors (Lipinski definition) is 5. The highest BCUT2D eigenvalue weighted by atomic mass is 32.2. The summed E-state index contributed by atoms with van der Waals surface area (Å²) in [6.07, 6.45) is -5.06. The monoisotopic (exact) mass is 547 g/mol. The fraction of sp³-hybridized carbons (Fsp3) is 0.185. The van der Waals surface area contributed by atoms with Crippen LogP contribution in [0.15, 0.2) is 77.7 Å². The van der Waals surface area contributed by atoms with Gasteiger partial charge in [-0.3, -0.25) is 0 Å². The second-order valence-electron chi connectivity index (χ2n) is 8.11. The van der Waals surface area contributed by atoms with Crippen LogP contribution in [0.1, 0.15) is 28.6 Å². The first-order valence-corrected chi connectivity index (χ1v) is 12.9. The van der Waals surface area contributed by atoms with Gasteiger partial charge in [0, 0.05) is 27.5 Å². The van der Waals surface area contributed by atoms with Crippen molar-refractivity contribution in [2.24, 2.45) is 0 Å². The summed E-state index contributed by atoms with van der Waals surface area (Å²) in [6.45, 7) is 1.32. The second kappa shape index (κ2) is 11.4. The van der Waals surface area contributed by atoms with Crippen molar-refractivity contribution in [3.8, 4) is 16.3 Å². The molecule has 0 amide bonds. The van der Waals surface area contributed by atoms with Crippen LogP contribution in [0.25, 0.3) is 10.6 Å². The molecule has 0 radical (unpaired) electrons. The van der Waals surface area contributed by atoms with E-state index in [1.54, 1.807) is 6.07 Å². The number of carboxylic acids is 1. The summed E-state index contributed by atoms with van der Waals surface area (Å²) >= 11 is 2.76. The maximum absolute atomic E-state index is 14.5. The topological polar surface area (TPSA) is 59.4 Å². The molecule has 0 saturated carbocycles. The molecular formula is C27H21F4NO3S2. The minimum atomic E-state index is -4.41. The van der Waals surface area contributed by atoms with Crippen molar-refractivity contribution >= 4 is 29.1 Å². The molecule has 3 aromatic carbocycles. The van der Waals surface area contributed by atoms with Crippen molar-refractivity contribution in [3.05, 3.63) is 100 Å². The SMILES string of the molecule is CC(Oc1ccc(SCc2sc(-c3ccc(C(F)(F)F)cc3)nc2Cc2ccccc2)cc1F)C(=O)O. The molecule has 1 aromatic heterocycles. The highest BCUT2D eigenvalue weighted by Gasteiger charge is 2.30. The Morgan fingerprint density at radius 2 is 1.78 bits per heavy atom. The van der Waals surface area contributed by atoms with Gasteiger partial charge in [-0.2, -0.15) is 13.2 Å². The molecular weight excluding hydrogens is 526 g/mol. The number of aromatic nitrogens is 1. The first-order chi connectivity index (χ1) is 17.6. The molecule has 192 valence electrons. The molecule has 0 aliphatic heterocycles. The Morgan fingerprint density at radius 3 is 2.41 bits per heavy atom. The van der Waals surface area contributed by atoms with Crippen LogP contribution in [0.5, 0.6) is 5.75 Å². The second-order valence-corrected chi connectivity index (χ2v) is 10.2. The van der Waals surface area contributed by atoms with Crippen molar-refractivity contribution in [2.75, 3.05) is 0 Å². The summed E-state index contributed by atoms with van der Waals surface area (Å²) in [5, 5.41) is 9.56. The summed E-state index contributed by atoms with van der Waals surface area (Å²) in [5.41, 5.74) is 1.70. The van der Waals surface area contributed by atoms with Gasteiger partial charge in [0.05, 0.1) is 11.3 Å². The number of thiazole rings is 1. The lowest BCUT2D eigenvalue weighted by atomic mass is 10.1. The molecule has 0 fully saturated rings. The van der Waals surface area contributed by atoms with Crippen molar-refractivity contribution in [2.45, 2.75) is 36.3 Å². The Bertz CT molecular complexity index is 1370. The molecule has 4 rings (SSSR count). The average molecular weight is 548 g/mol. The number of carbonyl (C=O) groups is 1. The van der Waals surface area contributed by atoms with Crippen LogP contribution in [0.2, 0.25) is 0 Å². The third kappa shape index (κ3) is 6.90. The number of ether oxygens (including phenoxy) is 1. The van der Waals surface area contributed by atoms with E-state index in [-0.39, 0.29) is 5.75 Å². The highest BCUT2D eigenvalue weighted by Crippen LogP contribution is 2.36. The van der Waals surface area contributed by atoms with E-state index in [9.17, 15) is 22.4 Å². The smallest absolute Gasteiger partial charge is 0.416 e. The number of benzene rings is 3. The maximum atomic E-state index is 14.5. The van der Waals surface area contributed by atoms with Gasteiger partial charge >= 0.3 is 12.1 Å². The van der Waals surface area contributed by atoms with Crippen LogP contribution in [0.3, 0.4) is 0 Å². The van der Waals surface area contributed by atoms with Crippen LogP contribution in [-0.2, 0) is 23.1 Å². The lowest BCUT2D eigenvalue weighted by Gasteiger charge is -2.11. The number of thioether (sulfide) groups is 1. The number of aliphatic carboxylic acids is 1. The van der Waals surface area contributed by atoms with Gasteiger partial charge < -0.3 is 9.84 Å². The Balaban J connectivity index is 1.56. The molecule has 1 unspecified atom stereocenters. The summed E-state index contributed by atoms with van der Waals surface area (Å²) in [6, 6.07) is 18.9. The number of nitrogens with zero attached hydrogens (tertiary/aromatic N) is 1. The number of halogens is 4. The Kier molecular flexibility index (Phi) is 8.19. The molecule has 0 saturated heterocycles. The Morgan fingerprint density at radius 1 is 1.08 bits per heavy atom. The van der Waals surface area contributed by atoms with E-state index in [4.69, 9.17) is 14.8 Å². The van der Waals surface area contributed by atoms with Crippen molar-refractivity contribution in [1.29, 1.82) is 0 Å². The van der Waals surface area contributed by atoms with Gasteiger partial charge in [-0.05, 0) is 42.8 Å². The predicted molar refractivity (Wildman–Crippen MR) is 135 cm³/mol. The number of alkyl halides is 3. The first kappa shape index (κ1) is 26.7. The van der Waals surface area contributed by atoms with Gasteiger partial charge in [-0.1, -0.05) is 42.5 Å². The zero-order chi connectivity index (χ0) is 26.6. The van der Waals surface area contributed by atoms with Crippen LogP contribution in [0, 0.1) is 5.82 Å². The normalized spacial score (nSPS) is 12.4. The average Bonchev–Trinajstić information content (AvgIpc) is 3.26. The predicted octanol–water partition coefficient (Wildman–Crippen LogP) is 7.70. The van der Waals surface area contributed by atoms with Gasteiger partial charge in [0.25, 0.3) is 0 Å². The third-order valence-electron chi connectivity index (χ3n) is 5.38. The van der Waals surface area contributed by atoms with Crippen LogP contribution >= 0.6 is 23.1 Å². The fourth-order valence-electron chi connectivity index (χ4n) is 3.41. The van der Waals surface area contributed by atoms with Crippen molar-refractivity contribution in [1.82, 2.24) is 4.98 Å². The van der Waals surface area contributed by atoms with Crippen LogP contribution < -0.4 is 4.74 Å². The van der Waals surface area contributed by atoms with Crippen LogP contribution in [-0.4, -0.2) is 22.2 Å². The summed E-state index contributed by atoms with van der Waals surface area (Å²) < 4.78 is 58.5. The van der Waals surface area contributed by atoms with E-state index in [1.807, 2.05) is 30.3 Å². The van der Waals surface area contributed by atoms with Gasteiger partial charge in [0.15, 0.2) is 17.7 Å². The van der Waals surface area contributed by atoms with E-state index in [0.717, 1.165) is 28.3 Å². The molecule has 4 aromatic rings. The Hall–Kier alpha value is -3.37. The zero-order valence-corrected chi connectivity index (χ0v) is 21.1. The van der Waals surface area contributed by atoms with E-state index in [0.29, 0.717) is 27.6 Å². The molecule has 4 nitrogen and oxygen atoms in total. The number of hydrogen-bond donors (Lipinski definition) is 1. The first-order valence-electron chi connectivity index (χ1n) is 11.1. The largest absolute Gasteiger partial charge is 0.479 e. The minimum Gasteiger partial charge on any atom is -0.479 e. The van der Waals surface area contributed by atoms with E-state index in [1.165, 1.54) is 54.3 Å². The van der Waals surface area contributed by atoms with Gasteiger partial charge in [0.2, 0.25) is 0 Å². The van der Waals surface area contributed by atoms with E-state index < -0.39 is 29.6 Å². The molecule has 10 heteroatoms. The van der Waals surface area contributed by atoms with Crippen molar-refractivity contribution < 1.29 is 32.2 Å². The zero-order valence-electron chi connectivity index (χ0n) is 19.5. The molecule has 1 N–H and O–H groups in total. The molecule has 0 bridgehead atoms. The lowest BCUT2D eigenvalue weighted by Crippen LogP contribution is -2.23. The van der Waals surface area contributed by atoms with E-state index >= 15 is 0 Å². The molecule has 0 aliphatic carbocycles. The van der Waals surface area contributed by atoms with Gasteiger partial charge in [0.1, 0.15) is 5.01 Å². The summed E-state index contributed by atoms with van der Waals surface area (Å²) in [7, 11) is 0. The summed E-state index contributed by atoms with van der Waals surface area (Å²) in [5.74, 6) is -1.55. The third-order valence-corrected chi connectivity index (χ3v) is 7.73. The molecule has 37 heavy (non-hydrogen) atoms.